The van der Waals surface area contributed by atoms with Crippen LogP contribution in [-0.4, -0.2) is 22.6 Å². The van der Waals surface area contributed by atoms with Crippen molar-refractivity contribution in [2.45, 2.75) is 26.2 Å². The predicted molar refractivity (Wildman–Crippen MR) is 74.8 cm³/mol. The zero-order valence-corrected chi connectivity index (χ0v) is 11.1. The molecule has 1 amide bonds. The van der Waals surface area contributed by atoms with Crippen molar-refractivity contribution in [1.82, 2.24) is 15.5 Å². The largest absolute Gasteiger partial charge is 0.356 e. The van der Waals surface area contributed by atoms with Gasteiger partial charge in [0.1, 0.15) is 0 Å². The zero-order valence-electron chi connectivity index (χ0n) is 11.1. The summed E-state index contributed by atoms with van der Waals surface area (Å²) in [6.07, 6.45) is 3.83. The minimum absolute atomic E-state index is 0.0982. The van der Waals surface area contributed by atoms with Gasteiger partial charge in [0.05, 0.1) is 0 Å². The Morgan fingerprint density at radius 1 is 1.32 bits per heavy atom. The maximum absolute atomic E-state index is 11.7. The second kappa shape index (κ2) is 6.73. The predicted octanol–water partition coefficient (Wildman–Crippen LogP) is 2.01. The van der Waals surface area contributed by atoms with E-state index in [4.69, 9.17) is 0 Å². The number of hydrogen-bond acceptors (Lipinski definition) is 2. The third kappa shape index (κ3) is 4.58. The standard InChI is InChI=1S/C15H19N3O/c1-12-3-2-4-13(11-12)5-6-15(19)16-9-7-14-8-10-17-18-14/h2-4,8,10-11H,5-7,9H2,1H3,(H,16,19)(H,17,18). The van der Waals surface area contributed by atoms with Crippen LogP contribution in [0.2, 0.25) is 0 Å². The third-order valence-electron chi connectivity index (χ3n) is 3.00. The summed E-state index contributed by atoms with van der Waals surface area (Å²) < 4.78 is 0. The lowest BCUT2D eigenvalue weighted by molar-refractivity contribution is -0.121. The van der Waals surface area contributed by atoms with Crippen LogP contribution in [0.4, 0.5) is 0 Å². The average molecular weight is 257 g/mol. The molecule has 100 valence electrons. The molecule has 0 radical (unpaired) electrons. The van der Waals surface area contributed by atoms with Crippen LogP contribution in [0.3, 0.4) is 0 Å². The molecule has 1 heterocycles. The van der Waals surface area contributed by atoms with Gasteiger partial charge in [-0.25, -0.2) is 0 Å². The second-order valence-electron chi connectivity index (χ2n) is 4.67. The molecule has 2 aromatic rings. The first kappa shape index (κ1) is 13.3. The summed E-state index contributed by atoms with van der Waals surface area (Å²) in [4.78, 5) is 11.7. The molecule has 0 spiro atoms. The first-order valence-corrected chi connectivity index (χ1v) is 6.54. The highest BCUT2D eigenvalue weighted by Gasteiger charge is 2.02. The van der Waals surface area contributed by atoms with E-state index in [1.807, 2.05) is 12.1 Å². The highest BCUT2D eigenvalue weighted by molar-refractivity contribution is 5.76. The fourth-order valence-electron chi connectivity index (χ4n) is 1.97. The van der Waals surface area contributed by atoms with Gasteiger partial charge in [-0.2, -0.15) is 5.10 Å². The van der Waals surface area contributed by atoms with Gasteiger partial charge in [0.2, 0.25) is 5.91 Å². The molecule has 4 heteroatoms. The molecular formula is C15H19N3O. The van der Waals surface area contributed by atoms with Crippen molar-refractivity contribution in [1.29, 1.82) is 0 Å². The molecule has 0 fully saturated rings. The summed E-state index contributed by atoms with van der Waals surface area (Å²) in [6.45, 7) is 2.71. The van der Waals surface area contributed by atoms with Crippen molar-refractivity contribution in [2.24, 2.45) is 0 Å². The van der Waals surface area contributed by atoms with Crippen molar-refractivity contribution in [3.63, 3.8) is 0 Å². The molecule has 0 saturated carbocycles. The van der Waals surface area contributed by atoms with Crippen LogP contribution < -0.4 is 5.32 Å². The molecule has 0 saturated heterocycles. The summed E-state index contributed by atoms with van der Waals surface area (Å²) in [5.41, 5.74) is 3.49. The lowest BCUT2D eigenvalue weighted by Gasteiger charge is -2.05. The van der Waals surface area contributed by atoms with E-state index in [0.29, 0.717) is 13.0 Å². The Morgan fingerprint density at radius 3 is 2.95 bits per heavy atom. The number of aryl methyl sites for hydroxylation is 2. The average Bonchev–Trinajstić information content (AvgIpc) is 2.90. The molecule has 19 heavy (non-hydrogen) atoms. The van der Waals surface area contributed by atoms with Crippen LogP contribution >= 0.6 is 0 Å². The molecule has 0 aliphatic carbocycles. The Labute approximate surface area is 113 Å². The summed E-state index contributed by atoms with van der Waals surface area (Å²) in [6, 6.07) is 10.2. The van der Waals surface area contributed by atoms with E-state index in [2.05, 4.69) is 40.6 Å². The van der Waals surface area contributed by atoms with Crippen molar-refractivity contribution >= 4 is 5.91 Å². The lowest BCUT2D eigenvalue weighted by Crippen LogP contribution is -2.25. The number of aromatic nitrogens is 2. The third-order valence-corrected chi connectivity index (χ3v) is 3.00. The van der Waals surface area contributed by atoms with E-state index in [-0.39, 0.29) is 5.91 Å². The Balaban J connectivity index is 1.67. The van der Waals surface area contributed by atoms with Gasteiger partial charge in [-0.1, -0.05) is 29.8 Å². The minimum Gasteiger partial charge on any atom is -0.356 e. The zero-order chi connectivity index (χ0) is 13.5. The maximum atomic E-state index is 11.7. The van der Waals surface area contributed by atoms with Crippen molar-refractivity contribution in [2.75, 3.05) is 6.54 Å². The number of rotatable bonds is 6. The number of benzene rings is 1. The van der Waals surface area contributed by atoms with E-state index < -0.39 is 0 Å². The highest BCUT2D eigenvalue weighted by atomic mass is 16.1. The van der Waals surface area contributed by atoms with Gasteiger partial charge in [0, 0.05) is 31.3 Å². The smallest absolute Gasteiger partial charge is 0.220 e. The van der Waals surface area contributed by atoms with E-state index in [1.54, 1.807) is 6.20 Å². The molecule has 1 aromatic carbocycles. The van der Waals surface area contributed by atoms with E-state index in [1.165, 1.54) is 11.1 Å². The topological polar surface area (TPSA) is 57.8 Å². The van der Waals surface area contributed by atoms with Gasteiger partial charge in [-0.3, -0.25) is 9.89 Å². The quantitative estimate of drug-likeness (QED) is 0.831. The molecule has 0 aliphatic rings. The van der Waals surface area contributed by atoms with Crippen LogP contribution in [-0.2, 0) is 17.6 Å². The Bertz CT molecular complexity index is 520. The van der Waals surface area contributed by atoms with Crippen LogP contribution in [0.1, 0.15) is 23.2 Å². The summed E-state index contributed by atoms with van der Waals surface area (Å²) in [5.74, 6) is 0.0982. The highest BCUT2D eigenvalue weighted by Crippen LogP contribution is 2.06. The van der Waals surface area contributed by atoms with Crippen LogP contribution in [0.25, 0.3) is 0 Å². The normalized spacial score (nSPS) is 10.4. The van der Waals surface area contributed by atoms with Gasteiger partial charge >= 0.3 is 0 Å². The Morgan fingerprint density at radius 2 is 2.21 bits per heavy atom. The van der Waals surface area contributed by atoms with Gasteiger partial charge in [0.25, 0.3) is 0 Å². The van der Waals surface area contributed by atoms with Crippen molar-refractivity contribution in [3.8, 4) is 0 Å². The van der Waals surface area contributed by atoms with E-state index >= 15 is 0 Å². The van der Waals surface area contributed by atoms with E-state index in [9.17, 15) is 4.79 Å². The minimum atomic E-state index is 0.0982. The van der Waals surface area contributed by atoms with Crippen molar-refractivity contribution < 1.29 is 4.79 Å². The van der Waals surface area contributed by atoms with Gasteiger partial charge in [-0.15, -0.1) is 0 Å². The molecule has 2 rings (SSSR count). The van der Waals surface area contributed by atoms with Crippen molar-refractivity contribution in [3.05, 3.63) is 53.3 Å². The van der Waals surface area contributed by atoms with Gasteiger partial charge in [-0.05, 0) is 25.0 Å². The summed E-state index contributed by atoms with van der Waals surface area (Å²) >= 11 is 0. The number of nitrogens with zero attached hydrogens (tertiary/aromatic N) is 1. The molecule has 0 aliphatic heterocycles. The lowest BCUT2D eigenvalue weighted by atomic mass is 10.1. The maximum Gasteiger partial charge on any atom is 0.220 e. The number of nitrogens with one attached hydrogen (secondary N) is 2. The molecule has 0 bridgehead atoms. The fourth-order valence-corrected chi connectivity index (χ4v) is 1.97. The number of carbonyl (C=O) groups excluding carboxylic acids is 1. The molecule has 4 nitrogen and oxygen atoms in total. The van der Waals surface area contributed by atoms with E-state index in [0.717, 1.165) is 18.5 Å². The number of hydrogen-bond donors (Lipinski definition) is 2. The number of amides is 1. The van der Waals surface area contributed by atoms with Crippen LogP contribution in [0.15, 0.2) is 36.5 Å². The number of carbonyl (C=O) groups is 1. The van der Waals surface area contributed by atoms with Gasteiger partial charge < -0.3 is 5.32 Å². The monoisotopic (exact) mass is 257 g/mol. The Hall–Kier alpha value is -2.10. The first-order valence-electron chi connectivity index (χ1n) is 6.54. The SMILES string of the molecule is Cc1cccc(CCC(=O)NCCc2ccn[nH]2)c1. The van der Waals surface area contributed by atoms with Crippen LogP contribution in [0, 0.1) is 6.92 Å². The Kier molecular flexibility index (Phi) is 4.72. The second-order valence-corrected chi connectivity index (χ2v) is 4.67. The van der Waals surface area contributed by atoms with Gasteiger partial charge in [0.15, 0.2) is 0 Å². The molecule has 2 N–H and O–H groups in total. The molecule has 1 aromatic heterocycles. The molecular weight excluding hydrogens is 238 g/mol. The molecule has 0 atom stereocenters. The first-order chi connectivity index (χ1) is 9.24. The number of H-pyrrole nitrogens is 1. The summed E-state index contributed by atoms with van der Waals surface area (Å²) in [5, 5.41) is 9.66. The molecule has 0 unspecified atom stereocenters. The van der Waals surface area contributed by atoms with Crippen LogP contribution in [0.5, 0.6) is 0 Å². The number of aromatic amines is 1. The fraction of sp³-hybridized carbons (Fsp3) is 0.333. The summed E-state index contributed by atoms with van der Waals surface area (Å²) in [7, 11) is 0.